The fraction of sp³-hybridized carbons (Fsp3) is 0.455. The molecule has 0 bridgehead atoms. The van der Waals surface area contributed by atoms with E-state index in [4.69, 9.17) is 10.5 Å². The molecule has 2 N–H and O–H groups in total. The Morgan fingerprint density at radius 3 is 2.71 bits per heavy atom. The predicted molar refractivity (Wildman–Crippen MR) is 52.6 cm³/mol. The van der Waals surface area contributed by atoms with E-state index in [1.165, 1.54) is 6.07 Å². The number of hydrogen-bond acceptors (Lipinski definition) is 2. The Labute approximate surface area is 82.9 Å². The van der Waals surface area contributed by atoms with Crippen LogP contribution in [0.3, 0.4) is 0 Å². The van der Waals surface area contributed by atoms with Crippen molar-refractivity contribution in [1.29, 1.82) is 0 Å². The maximum Gasteiger partial charge on any atom is 0.165 e. The van der Waals surface area contributed by atoms with Gasteiger partial charge < -0.3 is 10.5 Å². The number of halogens is 1. The molecule has 0 saturated heterocycles. The van der Waals surface area contributed by atoms with Crippen molar-refractivity contribution in [3.63, 3.8) is 0 Å². The molecule has 0 aliphatic heterocycles. The molecule has 76 valence electrons. The molecule has 2 atom stereocenters. The van der Waals surface area contributed by atoms with Crippen molar-refractivity contribution in [2.45, 2.75) is 31.4 Å². The van der Waals surface area contributed by atoms with Gasteiger partial charge in [0.2, 0.25) is 0 Å². The minimum Gasteiger partial charge on any atom is -0.486 e. The highest BCUT2D eigenvalue weighted by atomic mass is 19.1. The van der Waals surface area contributed by atoms with Gasteiger partial charge >= 0.3 is 0 Å². The van der Waals surface area contributed by atoms with Gasteiger partial charge in [-0.1, -0.05) is 12.1 Å². The first-order valence-corrected chi connectivity index (χ1v) is 4.94. The summed E-state index contributed by atoms with van der Waals surface area (Å²) in [5.41, 5.74) is 5.83. The summed E-state index contributed by atoms with van der Waals surface area (Å²) in [6.45, 7) is 0. The normalized spacial score (nSPS) is 26.4. The van der Waals surface area contributed by atoms with Gasteiger partial charge in [0.1, 0.15) is 6.10 Å². The molecule has 14 heavy (non-hydrogen) atoms. The summed E-state index contributed by atoms with van der Waals surface area (Å²) < 4.78 is 18.7. The summed E-state index contributed by atoms with van der Waals surface area (Å²) in [7, 11) is 0. The summed E-state index contributed by atoms with van der Waals surface area (Å²) in [6.07, 6.45) is 2.95. The second-order valence-corrected chi connectivity index (χ2v) is 3.68. The van der Waals surface area contributed by atoms with E-state index in [9.17, 15) is 4.39 Å². The van der Waals surface area contributed by atoms with Gasteiger partial charge in [0.15, 0.2) is 11.6 Å². The average Bonchev–Trinajstić information content (AvgIpc) is 2.56. The van der Waals surface area contributed by atoms with Crippen LogP contribution in [0.15, 0.2) is 24.3 Å². The fourth-order valence-corrected chi connectivity index (χ4v) is 1.80. The first-order valence-electron chi connectivity index (χ1n) is 4.94. The first-order chi connectivity index (χ1) is 6.77. The van der Waals surface area contributed by atoms with Crippen molar-refractivity contribution in [2.24, 2.45) is 5.73 Å². The molecule has 0 unspecified atom stereocenters. The van der Waals surface area contributed by atoms with E-state index >= 15 is 0 Å². The molecule has 1 fully saturated rings. The molecule has 0 radical (unpaired) electrons. The van der Waals surface area contributed by atoms with Crippen LogP contribution in [0.1, 0.15) is 19.3 Å². The first kappa shape index (κ1) is 9.46. The summed E-state index contributed by atoms with van der Waals surface area (Å²) in [4.78, 5) is 0. The number of benzene rings is 1. The third-order valence-electron chi connectivity index (χ3n) is 2.62. The van der Waals surface area contributed by atoms with Crippen molar-refractivity contribution in [2.75, 3.05) is 0 Å². The van der Waals surface area contributed by atoms with Gasteiger partial charge in [-0.2, -0.15) is 0 Å². The zero-order chi connectivity index (χ0) is 9.97. The van der Waals surface area contributed by atoms with Crippen LogP contribution in [0.25, 0.3) is 0 Å². The van der Waals surface area contributed by atoms with E-state index in [0.29, 0.717) is 5.75 Å². The van der Waals surface area contributed by atoms with E-state index < -0.39 is 0 Å². The molecule has 1 aliphatic rings. The Hall–Kier alpha value is -1.09. The van der Waals surface area contributed by atoms with Crippen LogP contribution in [0.5, 0.6) is 5.75 Å². The number of hydrogen-bond donors (Lipinski definition) is 1. The fourth-order valence-electron chi connectivity index (χ4n) is 1.80. The smallest absolute Gasteiger partial charge is 0.165 e. The number of para-hydroxylation sites is 1. The Morgan fingerprint density at radius 1 is 1.29 bits per heavy atom. The van der Waals surface area contributed by atoms with Crippen LogP contribution >= 0.6 is 0 Å². The summed E-state index contributed by atoms with van der Waals surface area (Å²) >= 11 is 0. The minimum absolute atomic E-state index is 0.0214. The zero-order valence-corrected chi connectivity index (χ0v) is 7.95. The van der Waals surface area contributed by atoms with Crippen molar-refractivity contribution in [1.82, 2.24) is 0 Å². The molecular formula is C11H14FNO. The van der Waals surface area contributed by atoms with Crippen molar-refractivity contribution in [3.05, 3.63) is 30.1 Å². The van der Waals surface area contributed by atoms with Crippen molar-refractivity contribution in [3.8, 4) is 5.75 Å². The Balaban J connectivity index is 2.07. The van der Waals surface area contributed by atoms with Crippen LogP contribution in [0.4, 0.5) is 4.39 Å². The molecule has 0 amide bonds. The van der Waals surface area contributed by atoms with Gasteiger partial charge in [0.05, 0.1) is 0 Å². The summed E-state index contributed by atoms with van der Waals surface area (Å²) in [5, 5.41) is 0. The minimum atomic E-state index is -0.313. The molecule has 3 heteroatoms. The summed E-state index contributed by atoms with van der Waals surface area (Å²) in [5.74, 6) is 0.00134. The summed E-state index contributed by atoms with van der Waals surface area (Å²) in [6, 6.07) is 6.50. The van der Waals surface area contributed by atoms with Crippen LogP contribution in [-0.2, 0) is 0 Å². The quantitative estimate of drug-likeness (QED) is 0.784. The number of ether oxygens (including phenoxy) is 1. The molecule has 1 aromatic rings. The van der Waals surface area contributed by atoms with Gasteiger partial charge in [-0.15, -0.1) is 0 Å². The van der Waals surface area contributed by atoms with E-state index in [-0.39, 0.29) is 18.0 Å². The van der Waals surface area contributed by atoms with Gasteiger partial charge in [0.25, 0.3) is 0 Å². The lowest BCUT2D eigenvalue weighted by Crippen LogP contribution is -2.33. The Morgan fingerprint density at radius 2 is 2.07 bits per heavy atom. The molecule has 0 spiro atoms. The Bertz CT molecular complexity index is 316. The highest BCUT2D eigenvalue weighted by molar-refractivity contribution is 5.24. The highest BCUT2D eigenvalue weighted by Gasteiger charge is 2.26. The lowest BCUT2D eigenvalue weighted by Gasteiger charge is -2.17. The number of nitrogens with two attached hydrogens (primary N) is 1. The number of rotatable bonds is 2. The van der Waals surface area contributed by atoms with Crippen LogP contribution in [-0.4, -0.2) is 12.1 Å². The van der Waals surface area contributed by atoms with Gasteiger partial charge in [0, 0.05) is 6.04 Å². The standard InChI is InChI=1S/C11H14FNO/c12-8-4-1-2-6-10(8)14-11-7-3-5-9(11)13/h1-2,4,6,9,11H,3,5,7,13H2/t9-,11-/m0/s1. The second kappa shape index (κ2) is 3.96. The lowest BCUT2D eigenvalue weighted by atomic mass is 10.2. The van der Waals surface area contributed by atoms with E-state index in [0.717, 1.165) is 19.3 Å². The third kappa shape index (κ3) is 1.87. The molecule has 2 rings (SSSR count). The predicted octanol–water partition coefficient (Wildman–Crippen LogP) is 2.08. The molecular weight excluding hydrogens is 181 g/mol. The zero-order valence-electron chi connectivity index (χ0n) is 7.95. The van der Waals surface area contributed by atoms with Crippen LogP contribution in [0.2, 0.25) is 0 Å². The third-order valence-corrected chi connectivity index (χ3v) is 2.62. The molecule has 1 aromatic carbocycles. The molecule has 1 saturated carbocycles. The molecule has 2 nitrogen and oxygen atoms in total. The van der Waals surface area contributed by atoms with E-state index in [2.05, 4.69) is 0 Å². The van der Waals surface area contributed by atoms with E-state index in [1.807, 2.05) is 0 Å². The van der Waals surface area contributed by atoms with Crippen molar-refractivity contribution >= 4 is 0 Å². The molecule has 1 aliphatic carbocycles. The maximum absolute atomic E-state index is 13.2. The lowest BCUT2D eigenvalue weighted by molar-refractivity contribution is 0.183. The SMILES string of the molecule is N[C@H]1CCC[C@@H]1Oc1ccccc1F. The van der Waals surface area contributed by atoms with Crippen LogP contribution in [0, 0.1) is 5.82 Å². The monoisotopic (exact) mass is 195 g/mol. The largest absolute Gasteiger partial charge is 0.486 e. The topological polar surface area (TPSA) is 35.2 Å². The molecule has 0 heterocycles. The van der Waals surface area contributed by atoms with E-state index in [1.54, 1.807) is 18.2 Å². The average molecular weight is 195 g/mol. The van der Waals surface area contributed by atoms with Gasteiger partial charge in [-0.05, 0) is 31.4 Å². The van der Waals surface area contributed by atoms with Crippen LogP contribution < -0.4 is 10.5 Å². The highest BCUT2D eigenvalue weighted by Crippen LogP contribution is 2.25. The Kier molecular flexibility index (Phi) is 2.68. The van der Waals surface area contributed by atoms with Crippen molar-refractivity contribution < 1.29 is 9.13 Å². The van der Waals surface area contributed by atoms with Gasteiger partial charge in [-0.25, -0.2) is 4.39 Å². The molecule has 0 aromatic heterocycles. The maximum atomic E-state index is 13.2. The second-order valence-electron chi connectivity index (χ2n) is 3.68. The van der Waals surface area contributed by atoms with Gasteiger partial charge in [-0.3, -0.25) is 0 Å².